The molecule has 0 aliphatic carbocycles. The maximum absolute atomic E-state index is 13.9. The first-order valence-corrected chi connectivity index (χ1v) is 11.4. The van der Waals surface area contributed by atoms with E-state index in [9.17, 15) is 19.5 Å². The summed E-state index contributed by atoms with van der Waals surface area (Å²) in [5.41, 5.74) is -0.764. The third-order valence-electron chi connectivity index (χ3n) is 6.87. The fourth-order valence-corrected chi connectivity index (χ4v) is 5.51. The van der Waals surface area contributed by atoms with Gasteiger partial charge in [0.1, 0.15) is 22.8 Å². The monoisotopic (exact) mass is 482 g/mol. The second kappa shape index (κ2) is 9.22. The van der Waals surface area contributed by atoms with Gasteiger partial charge in [0.2, 0.25) is 11.8 Å². The molecule has 0 saturated carbocycles. The predicted octanol–water partition coefficient (Wildman–Crippen LogP) is 3.03. The molecule has 2 fully saturated rings. The molecule has 4 atom stereocenters. The lowest BCUT2D eigenvalue weighted by molar-refractivity contribution is -0.149. The lowest BCUT2D eigenvalue weighted by Crippen LogP contribution is -2.56. The van der Waals surface area contributed by atoms with Crippen LogP contribution in [0.4, 0.5) is 5.69 Å². The fraction of sp³-hybridized carbons (Fsp3) is 0.423. The van der Waals surface area contributed by atoms with E-state index in [1.807, 2.05) is 13.8 Å². The van der Waals surface area contributed by atoms with Crippen LogP contribution in [0.15, 0.2) is 42.5 Å². The molecule has 9 nitrogen and oxygen atoms in total. The Labute approximate surface area is 204 Å². The van der Waals surface area contributed by atoms with Gasteiger partial charge in [0.25, 0.3) is 0 Å². The van der Waals surface area contributed by atoms with Crippen molar-refractivity contribution in [2.24, 2.45) is 17.8 Å². The Balaban J connectivity index is 1.91. The molecule has 0 spiro atoms. The van der Waals surface area contributed by atoms with E-state index in [0.717, 1.165) is 4.90 Å². The minimum Gasteiger partial charge on any atom is -0.497 e. The topological polar surface area (TPSA) is 114 Å². The molecule has 2 aliphatic rings. The molecular weight excluding hydrogens is 452 g/mol. The molecule has 0 bridgehead atoms. The van der Waals surface area contributed by atoms with Crippen LogP contribution in [-0.2, 0) is 14.4 Å². The molecular formula is C26H30N2O7. The average molecular weight is 483 g/mol. The number of carbonyl (C=O) groups excluding carboxylic acids is 2. The summed E-state index contributed by atoms with van der Waals surface area (Å²) in [6, 6.07) is 11.1. The summed E-state index contributed by atoms with van der Waals surface area (Å²) < 4.78 is 16.3. The number of imide groups is 1. The van der Waals surface area contributed by atoms with Crippen molar-refractivity contribution in [2.75, 3.05) is 26.2 Å². The Hall–Kier alpha value is -3.59. The van der Waals surface area contributed by atoms with Crippen molar-refractivity contribution in [3.63, 3.8) is 0 Å². The normalized spacial score (nSPS) is 25.7. The van der Waals surface area contributed by atoms with Crippen LogP contribution >= 0.6 is 0 Å². The van der Waals surface area contributed by atoms with E-state index in [-0.39, 0.29) is 12.3 Å². The van der Waals surface area contributed by atoms with Crippen LogP contribution in [0, 0.1) is 17.8 Å². The number of amides is 2. The van der Waals surface area contributed by atoms with E-state index in [1.165, 1.54) is 21.3 Å². The largest absolute Gasteiger partial charge is 0.497 e. The van der Waals surface area contributed by atoms with Crippen molar-refractivity contribution in [3.05, 3.63) is 48.0 Å². The van der Waals surface area contributed by atoms with Gasteiger partial charge < -0.3 is 19.3 Å². The van der Waals surface area contributed by atoms with Crippen LogP contribution in [0.2, 0.25) is 0 Å². The summed E-state index contributed by atoms with van der Waals surface area (Å²) in [4.78, 5) is 41.7. The fourth-order valence-electron chi connectivity index (χ4n) is 5.51. The minimum absolute atomic E-state index is 0.0565. The summed E-state index contributed by atoms with van der Waals surface area (Å²) in [6.45, 7) is 3.78. The van der Waals surface area contributed by atoms with E-state index >= 15 is 0 Å². The molecule has 9 heteroatoms. The molecule has 2 N–H and O–H groups in total. The number of aliphatic carboxylic acids is 1. The highest BCUT2D eigenvalue weighted by atomic mass is 16.5. The Morgan fingerprint density at radius 3 is 2.31 bits per heavy atom. The molecule has 35 heavy (non-hydrogen) atoms. The number of carboxylic acids is 1. The van der Waals surface area contributed by atoms with Gasteiger partial charge in [-0.1, -0.05) is 32.0 Å². The van der Waals surface area contributed by atoms with Gasteiger partial charge in [-0.3, -0.25) is 19.7 Å². The first-order valence-electron chi connectivity index (χ1n) is 11.4. The summed E-state index contributed by atoms with van der Waals surface area (Å²) >= 11 is 0. The summed E-state index contributed by atoms with van der Waals surface area (Å²) in [5, 5.41) is 13.7. The zero-order valence-corrected chi connectivity index (χ0v) is 20.4. The van der Waals surface area contributed by atoms with Crippen molar-refractivity contribution >= 4 is 23.5 Å². The highest BCUT2D eigenvalue weighted by molar-refractivity contribution is 6.24. The van der Waals surface area contributed by atoms with Crippen LogP contribution in [0.25, 0.3) is 0 Å². The number of methoxy groups -OCH3 is 3. The highest BCUT2D eigenvalue weighted by Gasteiger charge is 2.69. The number of nitrogens with one attached hydrogen (secondary N) is 1. The van der Waals surface area contributed by atoms with Gasteiger partial charge in [0.05, 0.1) is 38.9 Å². The van der Waals surface area contributed by atoms with Crippen molar-refractivity contribution in [3.8, 4) is 17.2 Å². The number of nitrogens with zero attached hydrogens (tertiary/aromatic N) is 1. The standard InChI is InChI=1S/C26H30N2O7/c1-14(2)13-26(25(31)32)21-20(22(27-26)16-11-10-15(33-3)12-19(16)35-5)23(29)28(24(21)30)17-8-6-7-9-18(17)34-4/h6-12,14,20-22,27H,13H2,1-5H3,(H,31,32)/t20-,21+,22-,26-/m0/s1. The molecule has 0 unspecified atom stereocenters. The van der Waals surface area contributed by atoms with Gasteiger partial charge >= 0.3 is 5.97 Å². The van der Waals surface area contributed by atoms with E-state index in [0.29, 0.717) is 28.5 Å². The molecule has 0 radical (unpaired) electrons. The number of carbonyl (C=O) groups is 3. The number of hydrogen-bond acceptors (Lipinski definition) is 7. The predicted molar refractivity (Wildman–Crippen MR) is 128 cm³/mol. The molecule has 2 aromatic carbocycles. The Bertz CT molecular complexity index is 1160. The zero-order chi connectivity index (χ0) is 25.5. The third kappa shape index (κ3) is 3.80. The van der Waals surface area contributed by atoms with Crippen molar-refractivity contribution in [1.82, 2.24) is 5.32 Å². The maximum atomic E-state index is 13.9. The van der Waals surface area contributed by atoms with Gasteiger partial charge in [0.15, 0.2) is 0 Å². The molecule has 2 aliphatic heterocycles. The molecule has 0 aromatic heterocycles. The van der Waals surface area contributed by atoms with Crippen molar-refractivity contribution in [1.29, 1.82) is 0 Å². The van der Waals surface area contributed by atoms with Crippen molar-refractivity contribution in [2.45, 2.75) is 31.8 Å². The SMILES string of the molecule is COc1ccc([C@@H]2N[C@](CC(C)C)(C(=O)O)[C@H]3C(=O)N(c4ccccc4OC)C(=O)[C@H]23)c(OC)c1. The Morgan fingerprint density at radius 1 is 1.03 bits per heavy atom. The highest BCUT2D eigenvalue weighted by Crippen LogP contribution is 2.53. The minimum atomic E-state index is -1.64. The van der Waals surface area contributed by atoms with Crippen LogP contribution in [0.3, 0.4) is 0 Å². The summed E-state index contributed by atoms with van der Waals surface area (Å²) in [5.74, 6) is -3.00. The number of ether oxygens (including phenoxy) is 3. The number of hydrogen-bond donors (Lipinski definition) is 2. The molecule has 2 aromatic rings. The second-order valence-corrected chi connectivity index (χ2v) is 9.29. The number of carboxylic acid groups (broad SMARTS) is 1. The van der Waals surface area contributed by atoms with E-state index in [4.69, 9.17) is 14.2 Å². The number of benzene rings is 2. The van der Waals surface area contributed by atoms with Gasteiger partial charge in [0, 0.05) is 17.7 Å². The number of para-hydroxylation sites is 2. The van der Waals surface area contributed by atoms with Crippen LogP contribution < -0.4 is 24.4 Å². The lowest BCUT2D eigenvalue weighted by atomic mass is 9.75. The average Bonchev–Trinajstić information content (AvgIpc) is 3.32. The van der Waals surface area contributed by atoms with Crippen LogP contribution in [0.5, 0.6) is 17.2 Å². The summed E-state index contributed by atoms with van der Waals surface area (Å²) in [7, 11) is 4.48. The first-order chi connectivity index (χ1) is 16.7. The van der Waals surface area contributed by atoms with E-state index in [2.05, 4.69) is 5.32 Å². The molecule has 2 heterocycles. The number of anilines is 1. The summed E-state index contributed by atoms with van der Waals surface area (Å²) in [6.07, 6.45) is 0.164. The van der Waals surface area contributed by atoms with E-state index in [1.54, 1.807) is 42.5 Å². The quantitative estimate of drug-likeness (QED) is 0.552. The van der Waals surface area contributed by atoms with Gasteiger partial charge in [-0.15, -0.1) is 0 Å². The molecule has 186 valence electrons. The number of fused-ring (bicyclic) bond motifs is 1. The first kappa shape index (κ1) is 24.5. The third-order valence-corrected chi connectivity index (χ3v) is 6.87. The molecule has 2 saturated heterocycles. The zero-order valence-electron chi connectivity index (χ0n) is 20.4. The van der Waals surface area contributed by atoms with Gasteiger partial charge in [-0.25, -0.2) is 4.90 Å². The maximum Gasteiger partial charge on any atom is 0.324 e. The van der Waals surface area contributed by atoms with Crippen LogP contribution in [-0.4, -0.2) is 49.8 Å². The molecule has 4 rings (SSSR count). The van der Waals surface area contributed by atoms with Gasteiger partial charge in [-0.05, 0) is 30.5 Å². The second-order valence-electron chi connectivity index (χ2n) is 9.29. The smallest absolute Gasteiger partial charge is 0.324 e. The molecule has 2 amide bonds. The van der Waals surface area contributed by atoms with Gasteiger partial charge in [-0.2, -0.15) is 0 Å². The van der Waals surface area contributed by atoms with Crippen molar-refractivity contribution < 1.29 is 33.7 Å². The Kier molecular flexibility index (Phi) is 6.46. The number of rotatable bonds is 8. The Morgan fingerprint density at radius 2 is 1.71 bits per heavy atom. The lowest BCUT2D eigenvalue weighted by Gasteiger charge is -2.33. The van der Waals surface area contributed by atoms with E-state index < -0.39 is 41.2 Å². The van der Waals surface area contributed by atoms with Crippen LogP contribution in [0.1, 0.15) is 31.9 Å².